The lowest BCUT2D eigenvalue weighted by molar-refractivity contribution is 0.160. The number of urea groups is 1. The van der Waals surface area contributed by atoms with Crippen LogP contribution in [0.25, 0.3) is 0 Å². The molecule has 1 aliphatic carbocycles. The summed E-state index contributed by atoms with van der Waals surface area (Å²) in [7, 11) is 0. The second kappa shape index (κ2) is 6.48. The number of hydrogen-bond donors (Lipinski definition) is 2. The molecule has 1 atom stereocenters. The van der Waals surface area contributed by atoms with Gasteiger partial charge in [-0.3, -0.25) is 0 Å². The summed E-state index contributed by atoms with van der Waals surface area (Å²) in [5.41, 5.74) is 1.03. The van der Waals surface area contributed by atoms with Crippen LogP contribution in [0.4, 0.5) is 4.79 Å². The van der Waals surface area contributed by atoms with Crippen molar-refractivity contribution in [2.45, 2.75) is 45.7 Å². The summed E-state index contributed by atoms with van der Waals surface area (Å²) >= 11 is 0. The Morgan fingerprint density at radius 1 is 1.33 bits per heavy atom. The first-order chi connectivity index (χ1) is 9.93. The van der Waals surface area contributed by atoms with Crippen molar-refractivity contribution in [3.63, 3.8) is 0 Å². The molecule has 0 aromatic heterocycles. The normalized spacial score (nSPS) is 16.4. The van der Waals surface area contributed by atoms with Gasteiger partial charge in [0.05, 0.1) is 12.6 Å². The van der Waals surface area contributed by atoms with Crippen LogP contribution in [-0.4, -0.2) is 35.2 Å². The number of amides is 2. The highest BCUT2D eigenvalue weighted by Crippen LogP contribution is 2.33. The zero-order valence-electron chi connectivity index (χ0n) is 13.2. The lowest BCUT2D eigenvalue weighted by Gasteiger charge is -2.34. The van der Waals surface area contributed by atoms with E-state index in [4.69, 9.17) is 5.11 Å². The summed E-state index contributed by atoms with van der Waals surface area (Å²) in [5.74, 6) is 0. The van der Waals surface area contributed by atoms with Gasteiger partial charge in [-0.1, -0.05) is 51.1 Å². The molecule has 0 radical (unpaired) electrons. The summed E-state index contributed by atoms with van der Waals surface area (Å²) in [4.78, 5) is 14.3. The summed E-state index contributed by atoms with van der Waals surface area (Å²) in [6.07, 6.45) is 2.08. The molecular formula is C17H26N2O2. The quantitative estimate of drug-likeness (QED) is 0.876. The maximum absolute atomic E-state index is 12.5. The lowest BCUT2D eigenvalue weighted by Crippen LogP contribution is -2.46. The van der Waals surface area contributed by atoms with Crippen LogP contribution in [0.1, 0.15) is 45.2 Å². The third-order valence-electron chi connectivity index (χ3n) is 3.86. The monoisotopic (exact) mass is 290 g/mol. The Hall–Kier alpha value is -1.55. The van der Waals surface area contributed by atoms with Gasteiger partial charge in [0, 0.05) is 12.6 Å². The molecular weight excluding hydrogens is 264 g/mol. The van der Waals surface area contributed by atoms with Gasteiger partial charge >= 0.3 is 6.03 Å². The van der Waals surface area contributed by atoms with Crippen LogP contribution in [0.5, 0.6) is 0 Å². The number of carbonyl (C=O) groups is 1. The van der Waals surface area contributed by atoms with Gasteiger partial charge in [-0.05, 0) is 23.8 Å². The second-order valence-electron chi connectivity index (χ2n) is 6.81. The summed E-state index contributed by atoms with van der Waals surface area (Å²) in [6.45, 7) is 6.78. The molecule has 2 amide bonds. The van der Waals surface area contributed by atoms with Crippen LogP contribution in [-0.2, 0) is 0 Å². The number of benzene rings is 1. The fraction of sp³-hybridized carbons (Fsp3) is 0.588. The van der Waals surface area contributed by atoms with Gasteiger partial charge in [-0.25, -0.2) is 4.79 Å². The molecule has 1 unspecified atom stereocenters. The minimum atomic E-state index is -0.0779. The van der Waals surface area contributed by atoms with E-state index in [1.165, 1.54) is 0 Å². The Bertz CT molecular complexity index is 463. The second-order valence-corrected chi connectivity index (χ2v) is 6.81. The molecule has 2 N–H and O–H groups in total. The molecule has 1 aromatic carbocycles. The van der Waals surface area contributed by atoms with E-state index in [0.29, 0.717) is 12.6 Å². The largest absolute Gasteiger partial charge is 0.395 e. The molecule has 116 valence electrons. The van der Waals surface area contributed by atoms with Crippen molar-refractivity contribution in [1.82, 2.24) is 10.2 Å². The first-order valence-corrected chi connectivity index (χ1v) is 7.66. The van der Waals surface area contributed by atoms with Gasteiger partial charge in [0.2, 0.25) is 0 Å². The van der Waals surface area contributed by atoms with Crippen LogP contribution in [0, 0.1) is 5.41 Å². The van der Waals surface area contributed by atoms with E-state index in [-0.39, 0.29) is 24.1 Å². The fourth-order valence-electron chi connectivity index (χ4n) is 2.60. The van der Waals surface area contributed by atoms with E-state index in [1.807, 2.05) is 30.3 Å². The number of rotatable bonds is 5. The average molecular weight is 290 g/mol. The summed E-state index contributed by atoms with van der Waals surface area (Å²) in [5, 5.41) is 12.3. The molecule has 21 heavy (non-hydrogen) atoms. The van der Waals surface area contributed by atoms with E-state index in [1.54, 1.807) is 4.90 Å². The standard InChI is InChI=1S/C17H26N2O2/c1-17(2,3)15(13-7-5-4-6-8-13)18-16(21)19(11-12-20)14-9-10-14/h4-8,14-15,20H,9-12H2,1-3H3,(H,18,21). The van der Waals surface area contributed by atoms with Gasteiger partial charge in [-0.15, -0.1) is 0 Å². The van der Waals surface area contributed by atoms with Gasteiger partial charge in [-0.2, -0.15) is 0 Å². The molecule has 0 bridgehead atoms. The maximum atomic E-state index is 12.5. The molecule has 0 saturated heterocycles. The Kier molecular flexibility index (Phi) is 4.88. The Morgan fingerprint density at radius 3 is 2.43 bits per heavy atom. The molecule has 2 rings (SSSR count). The predicted octanol–water partition coefficient (Wildman–Crippen LogP) is 2.94. The maximum Gasteiger partial charge on any atom is 0.318 e. The smallest absolute Gasteiger partial charge is 0.318 e. The van der Waals surface area contributed by atoms with E-state index in [9.17, 15) is 4.79 Å². The molecule has 1 fully saturated rings. The molecule has 1 aromatic rings. The molecule has 0 heterocycles. The van der Waals surface area contributed by atoms with Crippen LogP contribution in [0.2, 0.25) is 0 Å². The average Bonchev–Trinajstić information content (AvgIpc) is 3.26. The number of hydrogen-bond acceptors (Lipinski definition) is 2. The van der Waals surface area contributed by atoms with Crippen LogP contribution >= 0.6 is 0 Å². The highest BCUT2D eigenvalue weighted by Gasteiger charge is 2.35. The number of carbonyl (C=O) groups excluding carboxylic acids is 1. The Morgan fingerprint density at radius 2 is 1.95 bits per heavy atom. The SMILES string of the molecule is CC(C)(C)C(NC(=O)N(CCO)C1CC1)c1ccccc1. The Labute approximate surface area is 127 Å². The fourth-order valence-corrected chi connectivity index (χ4v) is 2.60. The molecule has 4 heteroatoms. The zero-order chi connectivity index (χ0) is 15.5. The topological polar surface area (TPSA) is 52.6 Å². The van der Waals surface area contributed by atoms with Crippen molar-refractivity contribution < 1.29 is 9.90 Å². The van der Waals surface area contributed by atoms with Crippen molar-refractivity contribution in [2.75, 3.05) is 13.2 Å². The van der Waals surface area contributed by atoms with Crippen molar-refractivity contribution in [3.05, 3.63) is 35.9 Å². The number of aliphatic hydroxyl groups excluding tert-OH is 1. The molecule has 0 spiro atoms. The van der Waals surface area contributed by atoms with E-state index in [2.05, 4.69) is 26.1 Å². The number of aliphatic hydroxyl groups is 1. The third kappa shape index (κ3) is 4.21. The van der Waals surface area contributed by atoms with Crippen molar-refractivity contribution >= 4 is 6.03 Å². The number of nitrogens with one attached hydrogen (secondary N) is 1. The molecule has 1 saturated carbocycles. The minimum Gasteiger partial charge on any atom is -0.395 e. The molecule has 4 nitrogen and oxygen atoms in total. The summed E-state index contributed by atoms with van der Waals surface area (Å²) < 4.78 is 0. The van der Waals surface area contributed by atoms with Crippen molar-refractivity contribution in [3.8, 4) is 0 Å². The van der Waals surface area contributed by atoms with E-state index < -0.39 is 0 Å². The molecule has 0 aliphatic heterocycles. The van der Waals surface area contributed by atoms with Gasteiger partial charge < -0.3 is 15.3 Å². The van der Waals surface area contributed by atoms with E-state index in [0.717, 1.165) is 18.4 Å². The third-order valence-corrected chi connectivity index (χ3v) is 3.86. The number of nitrogens with zero attached hydrogens (tertiary/aromatic N) is 1. The van der Waals surface area contributed by atoms with Gasteiger partial charge in [0.15, 0.2) is 0 Å². The van der Waals surface area contributed by atoms with Crippen molar-refractivity contribution in [2.24, 2.45) is 5.41 Å². The summed E-state index contributed by atoms with van der Waals surface area (Å²) in [6, 6.07) is 10.2. The van der Waals surface area contributed by atoms with Gasteiger partial charge in [0.25, 0.3) is 0 Å². The first kappa shape index (κ1) is 15.8. The van der Waals surface area contributed by atoms with Crippen molar-refractivity contribution in [1.29, 1.82) is 0 Å². The zero-order valence-corrected chi connectivity index (χ0v) is 13.2. The highest BCUT2D eigenvalue weighted by molar-refractivity contribution is 5.75. The highest BCUT2D eigenvalue weighted by atomic mass is 16.3. The molecule has 1 aliphatic rings. The Balaban J connectivity index is 2.13. The van der Waals surface area contributed by atoms with E-state index >= 15 is 0 Å². The van der Waals surface area contributed by atoms with Crippen LogP contribution in [0.3, 0.4) is 0 Å². The van der Waals surface area contributed by atoms with Crippen LogP contribution < -0.4 is 5.32 Å². The first-order valence-electron chi connectivity index (χ1n) is 7.66. The predicted molar refractivity (Wildman–Crippen MR) is 84.0 cm³/mol. The van der Waals surface area contributed by atoms with Crippen LogP contribution in [0.15, 0.2) is 30.3 Å². The minimum absolute atomic E-state index is 0.00937. The van der Waals surface area contributed by atoms with Gasteiger partial charge in [0.1, 0.15) is 0 Å². The lowest BCUT2D eigenvalue weighted by atomic mass is 9.82.